The van der Waals surface area contributed by atoms with Crippen LogP contribution in [0.4, 0.5) is 0 Å². The zero-order chi connectivity index (χ0) is 24.1. The summed E-state index contributed by atoms with van der Waals surface area (Å²) >= 11 is 1.61. The van der Waals surface area contributed by atoms with Crippen LogP contribution in [0.15, 0.2) is 58.3 Å². The lowest BCUT2D eigenvalue weighted by Gasteiger charge is -2.13. The highest BCUT2D eigenvalue weighted by atomic mass is 32.2. The number of nitrogens with one attached hydrogen (secondary N) is 2. The highest BCUT2D eigenvalue weighted by molar-refractivity contribution is 7.99. The van der Waals surface area contributed by atoms with E-state index in [1.54, 1.807) is 11.8 Å². The number of rotatable bonds is 14. The third-order valence-electron chi connectivity index (χ3n) is 4.88. The van der Waals surface area contributed by atoms with Gasteiger partial charge >= 0.3 is 0 Å². The zero-order valence-electron chi connectivity index (χ0n) is 20.1. The van der Waals surface area contributed by atoms with Gasteiger partial charge in [-0.05, 0) is 75.2 Å². The van der Waals surface area contributed by atoms with Gasteiger partial charge in [0.1, 0.15) is 11.5 Å². The molecule has 0 bridgehead atoms. The Kier molecular flexibility index (Phi) is 11.7. The average molecular weight is 473 g/mol. The first-order valence-corrected chi connectivity index (χ1v) is 12.4. The SMILES string of the molecule is CCC[C@H](C)NC(=O)COc1ccc(Sc2ccc(OCC(=O)N[C@@H](C)CCC)cc2)cc1. The van der Waals surface area contributed by atoms with Crippen molar-refractivity contribution >= 4 is 23.6 Å². The van der Waals surface area contributed by atoms with Crippen molar-refractivity contribution in [1.29, 1.82) is 0 Å². The number of hydrogen-bond acceptors (Lipinski definition) is 5. The number of hydrogen-bond donors (Lipinski definition) is 2. The molecule has 0 aliphatic heterocycles. The molecule has 2 aromatic rings. The van der Waals surface area contributed by atoms with Crippen molar-refractivity contribution in [3.8, 4) is 11.5 Å². The van der Waals surface area contributed by atoms with E-state index in [9.17, 15) is 9.59 Å². The van der Waals surface area contributed by atoms with E-state index >= 15 is 0 Å². The highest BCUT2D eigenvalue weighted by Gasteiger charge is 2.09. The van der Waals surface area contributed by atoms with E-state index in [0.717, 1.165) is 35.5 Å². The minimum absolute atomic E-state index is 0.0115. The maximum atomic E-state index is 11.9. The van der Waals surface area contributed by atoms with E-state index < -0.39 is 0 Å². The van der Waals surface area contributed by atoms with Crippen molar-refractivity contribution in [2.24, 2.45) is 0 Å². The van der Waals surface area contributed by atoms with Gasteiger partial charge in [0, 0.05) is 21.9 Å². The van der Waals surface area contributed by atoms with E-state index in [1.165, 1.54) is 0 Å². The first-order chi connectivity index (χ1) is 15.9. The Hall–Kier alpha value is -2.67. The van der Waals surface area contributed by atoms with Crippen molar-refractivity contribution in [1.82, 2.24) is 10.6 Å². The minimum atomic E-state index is -0.107. The van der Waals surface area contributed by atoms with Crippen LogP contribution in [-0.2, 0) is 9.59 Å². The Balaban J connectivity index is 1.76. The fourth-order valence-electron chi connectivity index (χ4n) is 3.29. The van der Waals surface area contributed by atoms with Crippen LogP contribution < -0.4 is 20.1 Å². The van der Waals surface area contributed by atoms with Gasteiger partial charge in [-0.3, -0.25) is 9.59 Å². The van der Waals surface area contributed by atoms with E-state index in [-0.39, 0.29) is 37.1 Å². The first-order valence-electron chi connectivity index (χ1n) is 11.6. The van der Waals surface area contributed by atoms with Gasteiger partial charge in [0.05, 0.1) is 0 Å². The molecule has 0 saturated carbocycles. The fraction of sp³-hybridized carbons (Fsp3) is 0.462. The molecule has 0 radical (unpaired) electrons. The van der Waals surface area contributed by atoms with E-state index in [1.807, 2.05) is 62.4 Å². The Morgan fingerprint density at radius 3 is 1.42 bits per heavy atom. The summed E-state index contributed by atoms with van der Waals surface area (Å²) in [5, 5.41) is 5.85. The highest BCUT2D eigenvalue weighted by Crippen LogP contribution is 2.30. The summed E-state index contributed by atoms with van der Waals surface area (Å²) in [6.07, 6.45) is 3.98. The van der Waals surface area contributed by atoms with Crippen molar-refractivity contribution in [3.05, 3.63) is 48.5 Å². The average Bonchev–Trinajstić information content (AvgIpc) is 2.78. The number of amides is 2. The lowest BCUT2D eigenvalue weighted by Crippen LogP contribution is -2.35. The number of ether oxygens (including phenoxy) is 2. The maximum absolute atomic E-state index is 11.9. The summed E-state index contributed by atoms with van der Waals surface area (Å²) in [4.78, 5) is 26.0. The predicted octanol–water partition coefficient (Wildman–Crippen LogP) is 5.21. The molecule has 2 rings (SSSR count). The van der Waals surface area contributed by atoms with Gasteiger partial charge in [-0.25, -0.2) is 0 Å². The van der Waals surface area contributed by atoms with Crippen LogP contribution in [0.25, 0.3) is 0 Å². The summed E-state index contributed by atoms with van der Waals surface area (Å²) in [5.74, 6) is 1.11. The minimum Gasteiger partial charge on any atom is -0.484 e. The molecule has 2 aromatic carbocycles. The smallest absolute Gasteiger partial charge is 0.258 e. The van der Waals surface area contributed by atoms with E-state index in [0.29, 0.717) is 11.5 Å². The molecule has 2 N–H and O–H groups in total. The molecule has 0 spiro atoms. The summed E-state index contributed by atoms with van der Waals surface area (Å²) in [6, 6.07) is 15.6. The lowest BCUT2D eigenvalue weighted by molar-refractivity contribution is -0.124. The molecular weight excluding hydrogens is 436 g/mol. The molecule has 0 aliphatic carbocycles. The van der Waals surface area contributed by atoms with Crippen LogP contribution in [0, 0.1) is 0 Å². The second-order valence-corrected chi connectivity index (χ2v) is 9.28. The molecule has 0 heterocycles. The van der Waals surface area contributed by atoms with E-state index in [4.69, 9.17) is 9.47 Å². The van der Waals surface area contributed by atoms with Crippen molar-refractivity contribution in [3.63, 3.8) is 0 Å². The van der Waals surface area contributed by atoms with Gasteiger partial charge in [-0.2, -0.15) is 0 Å². The molecule has 180 valence electrons. The van der Waals surface area contributed by atoms with Gasteiger partial charge in [0.2, 0.25) is 0 Å². The largest absolute Gasteiger partial charge is 0.484 e. The fourth-order valence-corrected chi connectivity index (χ4v) is 4.10. The number of carbonyl (C=O) groups excluding carboxylic acids is 2. The van der Waals surface area contributed by atoms with Crippen LogP contribution >= 0.6 is 11.8 Å². The standard InChI is InChI=1S/C26H36N2O4S/c1-5-7-19(3)27-25(29)17-31-21-9-13-23(14-10-21)33-24-15-11-22(12-16-24)32-18-26(30)28-20(4)8-6-2/h9-16,19-20H,5-8,17-18H2,1-4H3,(H,27,29)(H,28,30)/t19-,20-/m0/s1. The summed E-state index contributed by atoms with van der Waals surface area (Å²) in [6.45, 7) is 8.21. The summed E-state index contributed by atoms with van der Waals surface area (Å²) < 4.78 is 11.2. The quantitative estimate of drug-likeness (QED) is 0.395. The molecule has 0 aromatic heterocycles. The van der Waals surface area contributed by atoms with Gasteiger partial charge in [0.15, 0.2) is 13.2 Å². The van der Waals surface area contributed by atoms with Crippen LogP contribution in [-0.4, -0.2) is 37.1 Å². The monoisotopic (exact) mass is 472 g/mol. The lowest BCUT2D eigenvalue weighted by atomic mass is 10.2. The van der Waals surface area contributed by atoms with Gasteiger partial charge < -0.3 is 20.1 Å². The topological polar surface area (TPSA) is 76.7 Å². The molecule has 0 aliphatic rings. The molecular formula is C26H36N2O4S. The van der Waals surface area contributed by atoms with Crippen LogP contribution in [0.5, 0.6) is 11.5 Å². The van der Waals surface area contributed by atoms with Gasteiger partial charge in [0.25, 0.3) is 11.8 Å². The van der Waals surface area contributed by atoms with Crippen molar-refractivity contribution < 1.29 is 19.1 Å². The third-order valence-corrected chi connectivity index (χ3v) is 5.90. The number of benzene rings is 2. The Labute approximate surface area is 201 Å². The molecule has 0 unspecified atom stereocenters. The van der Waals surface area contributed by atoms with Crippen molar-refractivity contribution in [2.75, 3.05) is 13.2 Å². The second-order valence-electron chi connectivity index (χ2n) is 8.14. The maximum Gasteiger partial charge on any atom is 0.258 e. The van der Waals surface area contributed by atoms with Crippen LogP contribution in [0.1, 0.15) is 53.4 Å². The molecule has 7 heteroatoms. The summed E-state index contributed by atoms with van der Waals surface area (Å²) in [5.41, 5.74) is 0. The third kappa shape index (κ3) is 10.7. The Morgan fingerprint density at radius 1 is 0.727 bits per heavy atom. The van der Waals surface area contributed by atoms with E-state index in [2.05, 4.69) is 24.5 Å². The molecule has 6 nitrogen and oxygen atoms in total. The normalized spacial score (nSPS) is 12.5. The Morgan fingerprint density at radius 2 is 1.09 bits per heavy atom. The zero-order valence-corrected chi connectivity index (χ0v) is 20.9. The molecule has 2 atom stereocenters. The van der Waals surface area contributed by atoms with Crippen molar-refractivity contribution in [2.45, 2.75) is 75.3 Å². The summed E-state index contributed by atoms with van der Waals surface area (Å²) in [7, 11) is 0. The van der Waals surface area contributed by atoms with Crippen LogP contribution in [0.3, 0.4) is 0 Å². The Bertz CT molecular complexity index is 784. The van der Waals surface area contributed by atoms with Gasteiger partial charge in [-0.15, -0.1) is 0 Å². The van der Waals surface area contributed by atoms with Crippen LogP contribution in [0.2, 0.25) is 0 Å². The molecule has 2 amide bonds. The second kappa shape index (κ2) is 14.5. The molecule has 0 fully saturated rings. The number of carbonyl (C=O) groups is 2. The predicted molar refractivity (Wildman–Crippen MR) is 133 cm³/mol. The first kappa shape index (κ1) is 26.6. The van der Waals surface area contributed by atoms with Gasteiger partial charge in [-0.1, -0.05) is 38.5 Å². The molecule has 0 saturated heterocycles. The molecule has 33 heavy (non-hydrogen) atoms.